The second-order valence-electron chi connectivity index (χ2n) is 9.87. The van der Waals surface area contributed by atoms with E-state index >= 15 is 0 Å². The molecule has 1 aliphatic carbocycles. The number of aryl methyl sites for hydroxylation is 1. The van der Waals surface area contributed by atoms with Gasteiger partial charge in [0.15, 0.2) is 11.3 Å². The van der Waals surface area contributed by atoms with Crippen LogP contribution in [0.1, 0.15) is 37.4 Å². The first kappa shape index (κ1) is 22.7. The van der Waals surface area contributed by atoms with E-state index in [9.17, 15) is 5.11 Å². The standard InChI is InChI=1S/C29H26N8O/c1-18-24(19-15-33-36(17-19)20-5-7-21(38)8-6-20)14-28-32-16-27(37(28)35-18)22-11-13-31-29-23(22)9-10-26(34-29)25-4-2-3-12-30-25/h2-4,9-17,20-21,38H,5-8H2,1H3. The summed E-state index contributed by atoms with van der Waals surface area (Å²) in [6.45, 7) is 2.01. The van der Waals surface area contributed by atoms with E-state index < -0.39 is 0 Å². The van der Waals surface area contributed by atoms with Crippen molar-refractivity contribution in [3.8, 4) is 33.8 Å². The van der Waals surface area contributed by atoms with Crippen LogP contribution in [0.4, 0.5) is 0 Å². The van der Waals surface area contributed by atoms with Crippen LogP contribution in [0.5, 0.6) is 0 Å². The Bertz CT molecular complexity index is 1770. The fraction of sp³-hybridized carbons (Fsp3) is 0.241. The number of rotatable bonds is 4. The summed E-state index contributed by atoms with van der Waals surface area (Å²) >= 11 is 0. The Hall–Kier alpha value is -4.50. The topological polar surface area (TPSA) is 107 Å². The molecule has 1 N–H and O–H groups in total. The molecule has 0 unspecified atom stereocenters. The lowest BCUT2D eigenvalue weighted by Crippen LogP contribution is -2.21. The van der Waals surface area contributed by atoms with Crippen LogP contribution in [-0.4, -0.2) is 50.5 Å². The lowest BCUT2D eigenvalue weighted by Gasteiger charge is -2.25. The average molecular weight is 503 g/mol. The lowest BCUT2D eigenvalue weighted by molar-refractivity contribution is 0.108. The summed E-state index contributed by atoms with van der Waals surface area (Å²) in [6.07, 6.45) is 12.7. The van der Waals surface area contributed by atoms with Crippen LogP contribution >= 0.6 is 0 Å². The zero-order chi connectivity index (χ0) is 25.6. The van der Waals surface area contributed by atoms with Crippen molar-refractivity contribution in [3.63, 3.8) is 0 Å². The van der Waals surface area contributed by atoms with E-state index in [-0.39, 0.29) is 6.10 Å². The van der Waals surface area contributed by atoms with E-state index in [1.54, 1.807) is 12.4 Å². The third kappa shape index (κ3) is 3.92. The molecule has 9 heteroatoms. The van der Waals surface area contributed by atoms with E-state index in [0.717, 1.165) is 76.2 Å². The van der Waals surface area contributed by atoms with E-state index in [1.165, 1.54) is 0 Å². The maximum atomic E-state index is 9.84. The maximum absolute atomic E-state index is 9.84. The van der Waals surface area contributed by atoms with Gasteiger partial charge in [-0.1, -0.05) is 6.07 Å². The van der Waals surface area contributed by atoms with Crippen molar-refractivity contribution in [1.29, 1.82) is 0 Å². The fourth-order valence-electron chi connectivity index (χ4n) is 5.39. The Labute approximate surface area is 218 Å². The van der Waals surface area contributed by atoms with E-state index in [4.69, 9.17) is 15.1 Å². The first-order valence-corrected chi connectivity index (χ1v) is 12.9. The molecular formula is C29H26N8O. The molecule has 0 atom stereocenters. The Balaban J connectivity index is 1.25. The SMILES string of the molecule is Cc1nn2c(-c3ccnc4nc(-c5ccccn5)ccc34)cnc2cc1-c1cnn(C2CCC(O)CC2)c1. The highest BCUT2D eigenvalue weighted by molar-refractivity contribution is 5.93. The van der Waals surface area contributed by atoms with Crippen LogP contribution in [0.15, 0.2) is 73.4 Å². The van der Waals surface area contributed by atoms with Crippen LogP contribution in [0.2, 0.25) is 0 Å². The summed E-state index contributed by atoms with van der Waals surface area (Å²) in [5, 5.41) is 20.3. The van der Waals surface area contributed by atoms with Crippen molar-refractivity contribution in [2.24, 2.45) is 0 Å². The molecule has 38 heavy (non-hydrogen) atoms. The maximum Gasteiger partial charge on any atom is 0.160 e. The van der Waals surface area contributed by atoms with Gasteiger partial charge in [0, 0.05) is 40.7 Å². The number of pyridine rings is 3. The van der Waals surface area contributed by atoms with Crippen molar-refractivity contribution in [1.82, 2.24) is 39.3 Å². The third-order valence-electron chi connectivity index (χ3n) is 7.44. The van der Waals surface area contributed by atoms with Crippen molar-refractivity contribution < 1.29 is 5.11 Å². The van der Waals surface area contributed by atoms with Gasteiger partial charge in [-0.3, -0.25) is 9.67 Å². The highest BCUT2D eigenvalue weighted by atomic mass is 16.3. The van der Waals surface area contributed by atoms with Crippen LogP contribution < -0.4 is 0 Å². The molecular weight excluding hydrogens is 476 g/mol. The second kappa shape index (κ2) is 9.11. The molecule has 1 fully saturated rings. The van der Waals surface area contributed by atoms with E-state index in [1.807, 2.05) is 64.9 Å². The normalized spacial score (nSPS) is 17.8. The highest BCUT2D eigenvalue weighted by Gasteiger charge is 2.22. The average Bonchev–Trinajstić information content (AvgIpc) is 3.60. The molecule has 0 aliphatic heterocycles. The molecule has 1 saturated carbocycles. The highest BCUT2D eigenvalue weighted by Crippen LogP contribution is 2.32. The van der Waals surface area contributed by atoms with Crippen LogP contribution in [-0.2, 0) is 0 Å². The molecule has 1 aliphatic rings. The number of aliphatic hydroxyl groups excluding tert-OH is 1. The fourth-order valence-corrected chi connectivity index (χ4v) is 5.39. The predicted molar refractivity (Wildman–Crippen MR) is 144 cm³/mol. The first-order chi connectivity index (χ1) is 18.6. The van der Waals surface area contributed by atoms with Gasteiger partial charge in [0.05, 0.1) is 47.3 Å². The van der Waals surface area contributed by atoms with Gasteiger partial charge in [-0.15, -0.1) is 0 Å². The minimum absolute atomic E-state index is 0.180. The minimum Gasteiger partial charge on any atom is -0.393 e. The Kier molecular flexibility index (Phi) is 5.44. The first-order valence-electron chi connectivity index (χ1n) is 12.9. The zero-order valence-electron chi connectivity index (χ0n) is 20.9. The summed E-state index contributed by atoms with van der Waals surface area (Å²) < 4.78 is 3.92. The summed E-state index contributed by atoms with van der Waals surface area (Å²) in [4.78, 5) is 18.4. The van der Waals surface area contributed by atoms with Gasteiger partial charge in [-0.25, -0.2) is 19.5 Å². The van der Waals surface area contributed by atoms with Crippen molar-refractivity contribution in [2.45, 2.75) is 44.8 Å². The monoisotopic (exact) mass is 502 g/mol. The van der Waals surface area contributed by atoms with E-state index in [0.29, 0.717) is 11.7 Å². The molecule has 0 radical (unpaired) electrons. The Morgan fingerprint density at radius 1 is 0.868 bits per heavy atom. The lowest BCUT2D eigenvalue weighted by atomic mass is 9.93. The molecule has 6 aromatic rings. The second-order valence-corrected chi connectivity index (χ2v) is 9.87. The summed E-state index contributed by atoms with van der Waals surface area (Å²) in [5.41, 5.74) is 7.78. The number of imidazole rings is 1. The number of fused-ring (bicyclic) bond motifs is 2. The van der Waals surface area contributed by atoms with Gasteiger partial charge in [-0.05, 0) is 69.0 Å². The largest absolute Gasteiger partial charge is 0.393 e. The quantitative estimate of drug-likeness (QED) is 0.359. The van der Waals surface area contributed by atoms with Crippen LogP contribution in [0, 0.1) is 6.92 Å². The zero-order valence-corrected chi connectivity index (χ0v) is 20.9. The molecule has 6 aromatic heterocycles. The van der Waals surface area contributed by atoms with E-state index in [2.05, 4.69) is 27.3 Å². The van der Waals surface area contributed by atoms with Gasteiger partial charge in [-0.2, -0.15) is 10.2 Å². The van der Waals surface area contributed by atoms with Gasteiger partial charge in [0.2, 0.25) is 0 Å². The number of aliphatic hydroxyl groups is 1. The molecule has 0 saturated heterocycles. The predicted octanol–water partition coefficient (Wildman–Crippen LogP) is 5.05. The number of aromatic nitrogens is 8. The van der Waals surface area contributed by atoms with Gasteiger partial charge in [0.25, 0.3) is 0 Å². The van der Waals surface area contributed by atoms with Gasteiger partial charge in [0.1, 0.15) is 0 Å². The third-order valence-corrected chi connectivity index (χ3v) is 7.44. The van der Waals surface area contributed by atoms with Crippen LogP contribution in [0.25, 0.3) is 50.5 Å². The summed E-state index contributed by atoms with van der Waals surface area (Å²) in [7, 11) is 0. The van der Waals surface area contributed by atoms with Gasteiger partial charge >= 0.3 is 0 Å². The van der Waals surface area contributed by atoms with Crippen LogP contribution in [0.3, 0.4) is 0 Å². The summed E-state index contributed by atoms with van der Waals surface area (Å²) in [6, 6.07) is 14.2. The molecule has 7 rings (SSSR count). The number of nitrogens with zero attached hydrogens (tertiary/aromatic N) is 8. The molecule has 0 bridgehead atoms. The van der Waals surface area contributed by atoms with Crippen molar-refractivity contribution in [3.05, 3.63) is 79.1 Å². The summed E-state index contributed by atoms with van der Waals surface area (Å²) in [5.74, 6) is 0. The Morgan fingerprint density at radius 2 is 1.76 bits per heavy atom. The minimum atomic E-state index is -0.180. The molecule has 0 spiro atoms. The number of hydrogen-bond donors (Lipinski definition) is 1. The Morgan fingerprint density at radius 3 is 2.61 bits per heavy atom. The van der Waals surface area contributed by atoms with Crippen molar-refractivity contribution >= 4 is 16.7 Å². The molecule has 9 nitrogen and oxygen atoms in total. The number of hydrogen-bond acceptors (Lipinski definition) is 7. The molecule has 188 valence electrons. The molecule has 0 aromatic carbocycles. The van der Waals surface area contributed by atoms with Crippen molar-refractivity contribution in [2.75, 3.05) is 0 Å². The smallest absolute Gasteiger partial charge is 0.160 e. The molecule has 6 heterocycles. The van der Waals surface area contributed by atoms with Gasteiger partial charge < -0.3 is 5.11 Å². The molecule has 0 amide bonds.